The zero-order valence-electron chi connectivity index (χ0n) is 15.0. The summed E-state index contributed by atoms with van der Waals surface area (Å²) in [5, 5.41) is 3.38. The zero-order chi connectivity index (χ0) is 17.9. The van der Waals surface area contributed by atoms with E-state index in [2.05, 4.69) is 27.4 Å². The molecule has 0 radical (unpaired) electrons. The molecular weight excluding hydrogens is 328 g/mol. The summed E-state index contributed by atoms with van der Waals surface area (Å²) in [4.78, 5) is 23.3. The van der Waals surface area contributed by atoms with Crippen LogP contribution in [0.2, 0.25) is 0 Å². The summed E-state index contributed by atoms with van der Waals surface area (Å²) in [5.74, 6) is 1.78. The maximum Gasteiger partial charge on any atom is 0.415 e. The van der Waals surface area contributed by atoms with Crippen molar-refractivity contribution >= 4 is 11.9 Å². The van der Waals surface area contributed by atoms with E-state index in [1.165, 1.54) is 5.56 Å². The van der Waals surface area contributed by atoms with E-state index in [1.54, 1.807) is 4.90 Å². The van der Waals surface area contributed by atoms with Gasteiger partial charge in [-0.2, -0.15) is 0 Å². The number of cyclic esters (lactones) is 1. The Morgan fingerprint density at radius 1 is 1.19 bits per heavy atom. The average molecular weight is 352 g/mol. The predicted molar refractivity (Wildman–Crippen MR) is 99.4 cm³/mol. The predicted octanol–water partition coefficient (Wildman–Crippen LogP) is 2.82. The SMILES string of the molecule is Cc1nc(C2CCNCC2)cc(N2C(=O)OCC2Cc2ccccc2)n1. The van der Waals surface area contributed by atoms with E-state index >= 15 is 0 Å². The van der Waals surface area contributed by atoms with Crippen LogP contribution in [0.4, 0.5) is 10.6 Å². The second-order valence-electron chi connectivity index (χ2n) is 7.01. The molecule has 1 N–H and O–H groups in total. The van der Waals surface area contributed by atoms with Crippen molar-refractivity contribution in [2.24, 2.45) is 0 Å². The number of hydrogen-bond acceptors (Lipinski definition) is 5. The van der Waals surface area contributed by atoms with Gasteiger partial charge in [0.25, 0.3) is 0 Å². The highest BCUT2D eigenvalue weighted by atomic mass is 16.6. The van der Waals surface area contributed by atoms with Gasteiger partial charge in [0.05, 0.1) is 6.04 Å². The van der Waals surface area contributed by atoms with Gasteiger partial charge in [-0.25, -0.2) is 14.8 Å². The van der Waals surface area contributed by atoms with Gasteiger partial charge in [-0.15, -0.1) is 0 Å². The smallest absolute Gasteiger partial charge is 0.415 e. The average Bonchev–Trinajstić information content (AvgIpc) is 3.03. The van der Waals surface area contributed by atoms with Gasteiger partial charge < -0.3 is 10.1 Å². The number of nitrogens with one attached hydrogen (secondary N) is 1. The number of benzene rings is 1. The van der Waals surface area contributed by atoms with Gasteiger partial charge in [0.1, 0.15) is 18.2 Å². The van der Waals surface area contributed by atoms with Crippen LogP contribution in [0.3, 0.4) is 0 Å². The number of anilines is 1. The van der Waals surface area contributed by atoms with E-state index in [9.17, 15) is 4.79 Å². The second kappa shape index (κ2) is 7.41. The highest BCUT2D eigenvalue weighted by Crippen LogP contribution is 2.29. The van der Waals surface area contributed by atoms with Crippen LogP contribution in [0.15, 0.2) is 36.4 Å². The molecule has 2 saturated heterocycles. The third kappa shape index (κ3) is 3.55. The van der Waals surface area contributed by atoms with Gasteiger partial charge >= 0.3 is 6.09 Å². The third-order valence-corrected chi connectivity index (χ3v) is 5.12. The minimum Gasteiger partial charge on any atom is -0.447 e. The first-order chi connectivity index (χ1) is 12.7. The highest BCUT2D eigenvalue weighted by molar-refractivity contribution is 5.89. The van der Waals surface area contributed by atoms with E-state index in [4.69, 9.17) is 4.74 Å². The number of ether oxygens (including phenoxy) is 1. The Morgan fingerprint density at radius 2 is 1.96 bits per heavy atom. The van der Waals surface area contributed by atoms with Crippen molar-refractivity contribution in [3.63, 3.8) is 0 Å². The molecule has 2 aliphatic rings. The summed E-state index contributed by atoms with van der Waals surface area (Å²) in [6, 6.07) is 12.1. The monoisotopic (exact) mass is 352 g/mol. The lowest BCUT2D eigenvalue weighted by atomic mass is 9.94. The molecule has 6 heteroatoms. The van der Waals surface area contributed by atoms with Gasteiger partial charge in [-0.3, -0.25) is 4.90 Å². The Hall–Kier alpha value is -2.47. The summed E-state index contributed by atoms with van der Waals surface area (Å²) in [5.41, 5.74) is 2.22. The van der Waals surface area contributed by atoms with Crippen LogP contribution in [0.5, 0.6) is 0 Å². The number of piperidine rings is 1. The summed E-state index contributed by atoms with van der Waals surface area (Å²) in [6.07, 6.45) is 2.56. The van der Waals surface area contributed by atoms with Crippen molar-refractivity contribution in [2.45, 2.75) is 38.1 Å². The van der Waals surface area contributed by atoms with Crippen LogP contribution in [-0.2, 0) is 11.2 Å². The number of aromatic nitrogens is 2. The number of nitrogens with zero attached hydrogens (tertiary/aromatic N) is 3. The third-order valence-electron chi connectivity index (χ3n) is 5.12. The minimum atomic E-state index is -0.319. The summed E-state index contributed by atoms with van der Waals surface area (Å²) < 4.78 is 5.35. The van der Waals surface area contributed by atoms with Crippen LogP contribution in [0.1, 0.15) is 35.8 Å². The molecule has 3 heterocycles. The molecule has 0 saturated carbocycles. The highest BCUT2D eigenvalue weighted by Gasteiger charge is 2.36. The summed E-state index contributed by atoms with van der Waals surface area (Å²) in [7, 11) is 0. The van der Waals surface area contributed by atoms with Crippen molar-refractivity contribution in [3.05, 3.63) is 53.5 Å². The molecule has 2 fully saturated rings. The van der Waals surface area contributed by atoms with Crippen molar-refractivity contribution in [3.8, 4) is 0 Å². The Balaban J connectivity index is 1.61. The van der Waals surface area contributed by atoms with E-state index in [-0.39, 0.29) is 12.1 Å². The van der Waals surface area contributed by atoms with E-state index in [0.29, 0.717) is 24.2 Å². The first-order valence-corrected chi connectivity index (χ1v) is 9.27. The number of rotatable bonds is 4. The fourth-order valence-electron chi connectivity index (χ4n) is 3.80. The molecule has 0 bridgehead atoms. The molecule has 1 atom stereocenters. The standard InChI is InChI=1S/C20H24N4O2/c1-14-22-18(16-7-9-21-10-8-16)12-19(23-14)24-17(13-26-20(24)25)11-15-5-3-2-4-6-15/h2-6,12,16-17,21H,7-11,13H2,1H3. The van der Waals surface area contributed by atoms with E-state index in [0.717, 1.165) is 38.0 Å². The Bertz CT molecular complexity index is 775. The molecule has 1 unspecified atom stereocenters. The first-order valence-electron chi connectivity index (χ1n) is 9.27. The lowest BCUT2D eigenvalue weighted by molar-refractivity contribution is 0.178. The van der Waals surface area contributed by atoms with Crippen LogP contribution in [-0.4, -0.2) is 41.8 Å². The number of amides is 1. The van der Waals surface area contributed by atoms with E-state index < -0.39 is 0 Å². The van der Waals surface area contributed by atoms with Crippen LogP contribution in [0, 0.1) is 6.92 Å². The van der Waals surface area contributed by atoms with Gasteiger partial charge in [0, 0.05) is 17.7 Å². The number of aryl methyl sites for hydroxylation is 1. The Kier molecular flexibility index (Phi) is 4.84. The maximum absolute atomic E-state index is 12.4. The lowest BCUT2D eigenvalue weighted by Crippen LogP contribution is -2.36. The minimum absolute atomic E-state index is 0.0416. The maximum atomic E-state index is 12.4. The quantitative estimate of drug-likeness (QED) is 0.916. The molecule has 1 aromatic carbocycles. The fraction of sp³-hybridized carbons (Fsp3) is 0.450. The normalized spacial score (nSPS) is 21.0. The second-order valence-corrected chi connectivity index (χ2v) is 7.01. The molecule has 1 aromatic heterocycles. The Morgan fingerprint density at radius 3 is 2.73 bits per heavy atom. The van der Waals surface area contributed by atoms with Crippen molar-refractivity contribution < 1.29 is 9.53 Å². The van der Waals surface area contributed by atoms with Crippen molar-refractivity contribution in [1.82, 2.24) is 15.3 Å². The van der Waals surface area contributed by atoms with Crippen LogP contribution in [0.25, 0.3) is 0 Å². The molecule has 0 spiro atoms. The number of hydrogen-bond donors (Lipinski definition) is 1. The first kappa shape index (κ1) is 17.0. The van der Waals surface area contributed by atoms with Crippen LogP contribution < -0.4 is 10.2 Å². The van der Waals surface area contributed by atoms with Crippen molar-refractivity contribution in [1.29, 1.82) is 0 Å². The molecule has 2 aliphatic heterocycles. The largest absolute Gasteiger partial charge is 0.447 e. The molecule has 26 heavy (non-hydrogen) atoms. The molecule has 2 aromatic rings. The molecule has 6 nitrogen and oxygen atoms in total. The summed E-state index contributed by atoms with van der Waals surface area (Å²) >= 11 is 0. The topological polar surface area (TPSA) is 67.4 Å². The van der Waals surface area contributed by atoms with Gasteiger partial charge in [-0.1, -0.05) is 30.3 Å². The molecule has 136 valence electrons. The van der Waals surface area contributed by atoms with E-state index in [1.807, 2.05) is 31.2 Å². The van der Waals surface area contributed by atoms with Crippen LogP contribution >= 0.6 is 0 Å². The van der Waals surface area contributed by atoms with Crippen molar-refractivity contribution in [2.75, 3.05) is 24.6 Å². The molecule has 0 aliphatic carbocycles. The fourth-order valence-corrected chi connectivity index (χ4v) is 3.80. The number of carbonyl (C=O) groups excluding carboxylic acids is 1. The Labute approximate surface area is 153 Å². The summed E-state index contributed by atoms with van der Waals surface area (Å²) in [6.45, 7) is 4.29. The van der Waals surface area contributed by atoms with Gasteiger partial charge in [0.15, 0.2) is 0 Å². The number of carbonyl (C=O) groups is 1. The molecule has 4 rings (SSSR count). The van der Waals surface area contributed by atoms with Gasteiger partial charge in [0.2, 0.25) is 0 Å². The zero-order valence-corrected chi connectivity index (χ0v) is 15.0. The van der Waals surface area contributed by atoms with Gasteiger partial charge in [-0.05, 0) is 44.8 Å². The molecule has 1 amide bonds. The molecular formula is C20H24N4O2. The lowest BCUT2D eigenvalue weighted by Gasteiger charge is -2.25.